The lowest BCUT2D eigenvalue weighted by molar-refractivity contribution is 0.102. The van der Waals surface area contributed by atoms with Gasteiger partial charge in [-0.25, -0.2) is 4.39 Å². The fourth-order valence-corrected chi connectivity index (χ4v) is 2.67. The van der Waals surface area contributed by atoms with Crippen molar-refractivity contribution in [1.29, 1.82) is 5.26 Å². The second-order valence-electron chi connectivity index (χ2n) is 4.06. The molecule has 0 spiro atoms. The van der Waals surface area contributed by atoms with Crippen LogP contribution in [0.1, 0.15) is 15.9 Å². The van der Waals surface area contributed by atoms with Crippen LogP contribution in [-0.4, -0.2) is 15.7 Å². The molecule has 2 aromatic rings. The molecule has 5 heteroatoms. The SMILES string of the molecule is N#Cc1ccc(C(=O)CS(=O)c2cccc(F)c2)cc1. The monoisotopic (exact) mass is 287 g/mol. The number of nitriles is 1. The molecule has 0 aliphatic rings. The number of carbonyl (C=O) groups excluding carboxylic acids is 1. The molecule has 2 aromatic carbocycles. The van der Waals surface area contributed by atoms with Gasteiger partial charge in [0.1, 0.15) is 5.82 Å². The van der Waals surface area contributed by atoms with Gasteiger partial charge in [-0.05, 0) is 30.3 Å². The topological polar surface area (TPSA) is 57.9 Å². The summed E-state index contributed by atoms with van der Waals surface area (Å²) in [7, 11) is -1.59. The van der Waals surface area contributed by atoms with Crippen molar-refractivity contribution >= 4 is 16.6 Å². The van der Waals surface area contributed by atoms with E-state index in [4.69, 9.17) is 5.26 Å². The van der Waals surface area contributed by atoms with E-state index < -0.39 is 16.6 Å². The minimum Gasteiger partial charge on any atom is -0.293 e. The quantitative estimate of drug-likeness (QED) is 0.812. The Hall–Kier alpha value is -2.32. The third-order valence-corrected chi connectivity index (χ3v) is 3.96. The van der Waals surface area contributed by atoms with Gasteiger partial charge in [-0.2, -0.15) is 5.26 Å². The van der Waals surface area contributed by atoms with Crippen LogP contribution in [0.2, 0.25) is 0 Å². The summed E-state index contributed by atoms with van der Waals surface area (Å²) in [6.45, 7) is 0. The maximum atomic E-state index is 13.0. The van der Waals surface area contributed by atoms with Gasteiger partial charge < -0.3 is 0 Å². The Morgan fingerprint density at radius 2 is 1.90 bits per heavy atom. The molecule has 1 unspecified atom stereocenters. The van der Waals surface area contributed by atoms with Crippen LogP contribution in [0.25, 0.3) is 0 Å². The largest absolute Gasteiger partial charge is 0.293 e. The molecule has 3 nitrogen and oxygen atoms in total. The third kappa shape index (κ3) is 3.37. The average molecular weight is 287 g/mol. The van der Waals surface area contributed by atoms with Crippen molar-refractivity contribution in [2.75, 3.05) is 5.75 Å². The highest BCUT2D eigenvalue weighted by atomic mass is 32.2. The second-order valence-corrected chi connectivity index (χ2v) is 5.51. The van der Waals surface area contributed by atoms with E-state index in [2.05, 4.69) is 0 Å². The van der Waals surface area contributed by atoms with Crippen LogP contribution in [0.15, 0.2) is 53.4 Å². The number of carbonyl (C=O) groups is 1. The Labute approximate surface area is 118 Å². The normalized spacial score (nSPS) is 11.6. The zero-order valence-corrected chi connectivity index (χ0v) is 11.2. The molecule has 0 amide bonds. The Morgan fingerprint density at radius 1 is 1.20 bits per heavy atom. The minimum absolute atomic E-state index is 0.213. The first-order valence-corrected chi connectivity index (χ1v) is 7.09. The number of Topliss-reactive ketones (excluding diaryl/α,β-unsaturated/α-hetero) is 1. The first kappa shape index (κ1) is 14.1. The summed E-state index contributed by atoms with van der Waals surface area (Å²) in [5, 5.41) is 8.67. The highest BCUT2D eigenvalue weighted by Crippen LogP contribution is 2.11. The third-order valence-electron chi connectivity index (χ3n) is 2.66. The molecule has 0 radical (unpaired) electrons. The van der Waals surface area contributed by atoms with Crippen molar-refractivity contribution in [1.82, 2.24) is 0 Å². The van der Waals surface area contributed by atoms with Crippen molar-refractivity contribution < 1.29 is 13.4 Å². The van der Waals surface area contributed by atoms with Gasteiger partial charge in [0.05, 0.1) is 28.2 Å². The maximum Gasteiger partial charge on any atom is 0.175 e. The van der Waals surface area contributed by atoms with Crippen molar-refractivity contribution in [2.24, 2.45) is 0 Å². The molecular weight excluding hydrogens is 277 g/mol. The van der Waals surface area contributed by atoms with E-state index in [1.54, 1.807) is 0 Å². The molecule has 0 N–H and O–H groups in total. The molecule has 20 heavy (non-hydrogen) atoms. The first-order valence-electron chi connectivity index (χ1n) is 5.77. The van der Waals surface area contributed by atoms with E-state index in [0.29, 0.717) is 11.1 Å². The van der Waals surface area contributed by atoms with Crippen LogP contribution in [0.3, 0.4) is 0 Å². The van der Waals surface area contributed by atoms with Crippen LogP contribution in [0.5, 0.6) is 0 Å². The molecule has 0 bridgehead atoms. The number of hydrogen-bond acceptors (Lipinski definition) is 3. The predicted octanol–water partition coefficient (Wildman–Crippen LogP) is 2.69. The smallest absolute Gasteiger partial charge is 0.175 e. The van der Waals surface area contributed by atoms with Gasteiger partial charge in [0, 0.05) is 10.5 Å². The number of nitrogens with zero attached hydrogens (tertiary/aromatic N) is 1. The average Bonchev–Trinajstić information content (AvgIpc) is 2.47. The second kappa shape index (κ2) is 6.22. The van der Waals surface area contributed by atoms with Gasteiger partial charge >= 0.3 is 0 Å². The number of rotatable bonds is 4. The molecule has 2 rings (SSSR count). The standard InChI is InChI=1S/C15H10FNO2S/c16-13-2-1-3-14(8-13)20(19)10-15(18)12-6-4-11(9-17)5-7-12/h1-8H,10H2. The summed E-state index contributed by atoms with van der Waals surface area (Å²) in [5.41, 5.74) is 0.835. The van der Waals surface area contributed by atoms with Gasteiger partial charge in [-0.1, -0.05) is 18.2 Å². The molecule has 0 aliphatic heterocycles. The molecule has 100 valence electrons. The van der Waals surface area contributed by atoms with Crippen LogP contribution in [-0.2, 0) is 10.8 Å². The number of ketones is 1. The fourth-order valence-electron chi connectivity index (χ4n) is 1.63. The summed E-state index contributed by atoms with van der Waals surface area (Å²) < 4.78 is 25.0. The van der Waals surface area contributed by atoms with Crippen LogP contribution in [0, 0.1) is 17.1 Å². The summed E-state index contributed by atoms with van der Waals surface area (Å²) in [4.78, 5) is 12.2. The Balaban J connectivity index is 2.11. The lowest BCUT2D eigenvalue weighted by atomic mass is 10.1. The van der Waals surface area contributed by atoms with Crippen molar-refractivity contribution in [3.63, 3.8) is 0 Å². The predicted molar refractivity (Wildman–Crippen MR) is 73.2 cm³/mol. The summed E-state index contributed by atoms with van der Waals surface area (Å²) >= 11 is 0. The minimum atomic E-state index is -1.59. The summed E-state index contributed by atoms with van der Waals surface area (Å²) in [6, 6.07) is 13.4. The Bertz CT molecular complexity index is 705. The summed E-state index contributed by atoms with van der Waals surface area (Å²) in [5.74, 6) is -1.01. The first-order chi connectivity index (χ1) is 9.60. The molecular formula is C15H10FNO2S. The van der Waals surface area contributed by atoms with Gasteiger partial charge in [0.15, 0.2) is 5.78 Å². The highest BCUT2D eigenvalue weighted by Gasteiger charge is 2.12. The molecule has 0 aromatic heterocycles. The van der Waals surface area contributed by atoms with Gasteiger partial charge in [0.2, 0.25) is 0 Å². The zero-order valence-electron chi connectivity index (χ0n) is 10.4. The van der Waals surface area contributed by atoms with Gasteiger partial charge in [-0.15, -0.1) is 0 Å². The molecule has 0 saturated carbocycles. The van der Waals surface area contributed by atoms with Crippen molar-refractivity contribution in [2.45, 2.75) is 4.90 Å². The number of benzene rings is 2. The Kier molecular flexibility index (Phi) is 4.38. The maximum absolute atomic E-state index is 13.0. The van der Waals surface area contributed by atoms with E-state index >= 15 is 0 Å². The molecule has 0 aliphatic carbocycles. The molecule has 0 saturated heterocycles. The Morgan fingerprint density at radius 3 is 2.50 bits per heavy atom. The number of halogens is 1. The van der Waals surface area contributed by atoms with Crippen LogP contribution < -0.4 is 0 Å². The summed E-state index contributed by atoms with van der Waals surface area (Å²) in [6.07, 6.45) is 0. The molecule has 1 atom stereocenters. The van der Waals surface area contributed by atoms with Crippen molar-refractivity contribution in [3.05, 3.63) is 65.5 Å². The van der Waals surface area contributed by atoms with Crippen molar-refractivity contribution in [3.8, 4) is 6.07 Å². The lowest BCUT2D eigenvalue weighted by Crippen LogP contribution is -2.11. The van der Waals surface area contributed by atoms with E-state index in [1.165, 1.54) is 42.5 Å². The number of hydrogen-bond donors (Lipinski definition) is 0. The van der Waals surface area contributed by atoms with Crippen LogP contribution >= 0.6 is 0 Å². The molecule has 0 fully saturated rings. The highest BCUT2D eigenvalue weighted by molar-refractivity contribution is 7.85. The van der Waals surface area contributed by atoms with Gasteiger partial charge in [0.25, 0.3) is 0 Å². The van der Waals surface area contributed by atoms with E-state index in [-0.39, 0.29) is 16.4 Å². The lowest BCUT2D eigenvalue weighted by Gasteiger charge is -2.02. The van der Waals surface area contributed by atoms with E-state index in [9.17, 15) is 13.4 Å². The van der Waals surface area contributed by atoms with Gasteiger partial charge in [-0.3, -0.25) is 9.00 Å². The molecule has 0 heterocycles. The zero-order chi connectivity index (χ0) is 14.5. The van der Waals surface area contributed by atoms with E-state index in [0.717, 1.165) is 6.07 Å². The van der Waals surface area contributed by atoms with Crippen LogP contribution in [0.4, 0.5) is 4.39 Å². The van der Waals surface area contributed by atoms with E-state index in [1.807, 2.05) is 6.07 Å². The fraction of sp³-hybridized carbons (Fsp3) is 0.0667.